The molecule has 0 saturated carbocycles. The highest BCUT2D eigenvalue weighted by atomic mass is 31.2. The number of hydrogen-bond acceptors (Lipinski definition) is 8. The summed E-state index contributed by atoms with van der Waals surface area (Å²) in [6.07, 6.45) is 63.8. The van der Waals surface area contributed by atoms with E-state index >= 15 is 0 Å². The first-order valence-corrected chi connectivity index (χ1v) is 25.0. The summed E-state index contributed by atoms with van der Waals surface area (Å²) in [5.74, 6) is -0.909. The molecule has 0 rings (SSSR count). The fraction of sp³-hybridized carbons (Fsp3) is 0.577. The molecule has 0 radical (unpaired) electrons. The molecule has 10 heteroatoms. The van der Waals surface area contributed by atoms with Gasteiger partial charge in [-0.3, -0.25) is 18.6 Å². The summed E-state index contributed by atoms with van der Waals surface area (Å²) in [5, 5.41) is 0. The largest absolute Gasteiger partial charge is 0.472 e. The van der Waals surface area contributed by atoms with Crippen LogP contribution in [0.4, 0.5) is 0 Å². The minimum absolute atomic E-state index is 0.0367. The molecular weight excluding hydrogens is 798 g/mol. The number of allylic oxidation sites excluding steroid dienone is 20. The number of carbonyl (C=O) groups is 2. The smallest absolute Gasteiger partial charge is 0.462 e. The van der Waals surface area contributed by atoms with Crippen LogP contribution in [-0.4, -0.2) is 49.3 Å². The summed E-state index contributed by atoms with van der Waals surface area (Å²) in [6, 6.07) is 0. The molecule has 0 aromatic heterocycles. The van der Waals surface area contributed by atoms with E-state index in [1.165, 1.54) is 12.8 Å². The summed E-state index contributed by atoms with van der Waals surface area (Å²) in [6.45, 7) is 3.48. The van der Waals surface area contributed by atoms with Crippen LogP contribution in [-0.2, 0) is 32.7 Å². The minimum atomic E-state index is -4.40. The first-order valence-electron chi connectivity index (χ1n) is 23.5. The molecule has 0 heterocycles. The van der Waals surface area contributed by atoms with Crippen LogP contribution in [0.1, 0.15) is 162 Å². The van der Waals surface area contributed by atoms with E-state index in [0.717, 1.165) is 109 Å². The zero-order chi connectivity index (χ0) is 45.3. The van der Waals surface area contributed by atoms with Gasteiger partial charge in [-0.05, 0) is 103 Å². The highest BCUT2D eigenvalue weighted by Gasteiger charge is 2.26. The second-order valence-electron chi connectivity index (χ2n) is 14.9. The molecule has 9 nitrogen and oxygen atoms in total. The first-order chi connectivity index (χ1) is 30.3. The maximum Gasteiger partial charge on any atom is 0.472 e. The van der Waals surface area contributed by atoms with E-state index in [9.17, 15) is 19.0 Å². The topological polar surface area (TPSA) is 134 Å². The zero-order valence-electron chi connectivity index (χ0n) is 38.5. The number of esters is 2. The Bertz CT molecular complexity index is 1420. The van der Waals surface area contributed by atoms with E-state index in [0.29, 0.717) is 12.8 Å². The highest BCUT2D eigenvalue weighted by molar-refractivity contribution is 7.47. The van der Waals surface area contributed by atoms with Gasteiger partial charge < -0.3 is 20.1 Å². The van der Waals surface area contributed by atoms with Gasteiger partial charge in [0.1, 0.15) is 6.61 Å². The maximum atomic E-state index is 12.6. The molecule has 2 unspecified atom stereocenters. The van der Waals surface area contributed by atoms with Crippen LogP contribution in [0, 0.1) is 0 Å². The molecule has 0 aromatic rings. The average molecular weight is 882 g/mol. The Balaban J connectivity index is 4.24. The molecule has 2 atom stereocenters. The molecule has 3 N–H and O–H groups in total. The molecule has 0 saturated heterocycles. The van der Waals surface area contributed by atoms with Crippen molar-refractivity contribution < 1.29 is 37.6 Å². The molecule has 0 amide bonds. The van der Waals surface area contributed by atoms with Crippen molar-refractivity contribution in [3.63, 3.8) is 0 Å². The monoisotopic (exact) mass is 882 g/mol. The van der Waals surface area contributed by atoms with Gasteiger partial charge in [0, 0.05) is 19.4 Å². The van der Waals surface area contributed by atoms with Crippen molar-refractivity contribution in [3.8, 4) is 0 Å². The summed E-state index contributed by atoms with van der Waals surface area (Å²) >= 11 is 0. The van der Waals surface area contributed by atoms with Gasteiger partial charge in [0.25, 0.3) is 0 Å². The van der Waals surface area contributed by atoms with Gasteiger partial charge in [-0.2, -0.15) is 0 Å². The lowest BCUT2D eigenvalue weighted by Crippen LogP contribution is -2.29. The number of rotatable bonds is 42. The Morgan fingerprint density at radius 1 is 0.500 bits per heavy atom. The van der Waals surface area contributed by atoms with Crippen molar-refractivity contribution in [2.75, 3.05) is 26.4 Å². The van der Waals surface area contributed by atoms with Gasteiger partial charge >= 0.3 is 19.8 Å². The van der Waals surface area contributed by atoms with Crippen molar-refractivity contribution >= 4 is 19.8 Å². The number of nitrogens with two attached hydrogens (primary N) is 1. The van der Waals surface area contributed by atoms with Crippen LogP contribution in [0.3, 0.4) is 0 Å². The normalized spacial score (nSPS) is 14.3. The molecule has 0 fully saturated rings. The lowest BCUT2D eigenvalue weighted by atomic mass is 10.1. The van der Waals surface area contributed by atoms with Gasteiger partial charge in [0.2, 0.25) is 0 Å². The predicted molar refractivity (Wildman–Crippen MR) is 261 cm³/mol. The van der Waals surface area contributed by atoms with Crippen LogP contribution in [0.25, 0.3) is 0 Å². The molecule has 62 heavy (non-hydrogen) atoms. The number of unbranched alkanes of at least 4 members (excludes halogenated alkanes) is 9. The second kappa shape index (κ2) is 46.9. The lowest BCUT2D eigenvalue weighted by Gasteiger charge is -2.19. The fourth-order valence-corrected chi connectivity index (χ4v) is 6.37. The van der Waals surface area contributed by atoms with Crippen molar-refractivity contribution in [2.24, 2.45) is 5.73 Å². The average Bonchev–Trinajstić information content (AvgIpc) is 3.26. The molecule has 0 aliphatic heterocycles. The SMILES string of the molecule is CC/C=C\C/C=C\C/C=C\C/C=C\C/C=C\C/C=C\C/C=C\C/C=C\CCCCC(=O)OC(COC(=O)CCCCCCC/C=C\C/C=C\CCCC)COP(=O)(O)OCCN. The van der Waals surface area contributed by atoms with Gasteiger partial charge in [-0.15, -0.1) is 0 Å². The molecule has 0 bridgehead atoms. The molecule has 0 aromatic carbocycles. The number of hydrogen-bond donors (Lipinski definition) is 2. The third kappa shape index (κ3) is 45.9. The Hall–Kier alpha value is -3.59. The van der Waals surface area contributed by atoms with Gasteiger partial charge in [-0.1, -0.05) is 167 Å². The van der Waals surface area contributed by atoms with Crippen molar-refractivity contribution in [2.45, 2.75) is 168 Å². The first kappa shape index (κ1) is 58.4. The van der Waals surface area contributed by atoms with Gasteiger partial charge in [0.15, 0.2) is 6.10 Å². The lowest BCUT2D eigenvalue weighted by molar-refractivity contribution is -0.161. The van der Waals surface area contributed by atoms with E-state index in [1.54, 1.807) is 0 Å². The van der Waals surface area contributed by atoms with Crippen molar-refractivity contribution in [1.29, 1.82) is 0 Å². The zero-order valence-corrected chi connectivity index (χ0v) is 39.4. The summed E-state index contributed by atoms with van der Waals surface area (Å²) in [5.41, 5.74) is 5.35. The molecule has 0 aliphatic carbocycles. The fourth-order valence-electron chi connectivity index (χ4n) is 5.61. The van der Waals surface area contributed by atoms with Crippen molar-refractivity contribution in [1.82, 2.24) is 0 Å². The van der Waals surface area contributed by atoms with E-state index in [2.05, 4.69) is 135 Å². The number of phosphoric ester groups is 1. The minimum Gasteiger partial charge on any atom is -0.462 e. The quantitative estimate of drug-likeness (QED) is 0.0266. The standard InChI is InChI=1S/C52H84NO8P/c1-3-5-7-9-11-13-15-17-19-20-21-22-23-24-25-26-27-28-29-30-31-33-35-37-39-41-43-45-52(55)61-50(49-60-62(56,57)59-47-46-53)48-58-51(54)44-42-40-38-36-34-32-18-16-14-12-10-8-6-4-2/h5,7,10-13,16-19,21-22,24-25,27-28,30-31,35,37,50H,3-4,6,8-9,14-15,20,23,26,29,32-34,36,38-49,53H2,1-2H3,(H,56,57)/b7-5-,12-10-,13-11-,18-16-,19-17-,22-21-,25-24-,28-27-,31-30-,37-35-. The Labute approximate surface area is 377 Å². The molecule has 0 aliphatic rings. The number of phosphoric acid groups is 1. The van der Waals surface area contributed by atoms with E-state index in [-0.39, 0.29) is 32.6 Å². The van der Waals surface area contributed by atoms with Crippen LogP contribution in [0.5, 0.6) is 0 Å². The van der Waals surface area contributed by atoms with E-state index in [4.69, 9.17) is 24.3 Å². The second-order valence-corrected chi connectivity index (χ2v) is 16.3. The molecule has 0 spiro atoms. The van der Waals surface area contributed by atoms with Crippen LogP contribution in [0.15, 0.2) is 122 Å². The van der Waals surface area contributed by atoms with E-state index < -0.39 is 32.5 Å². The Morgan fingerprint density at radius 3 is 1.35 bits per heavy atom. The summed E-state index contributed by atoms with van der Waals surface area (Å²) in [4.78, 5) is 34.9. The predicted octanol–water partition coefficient (Wildman–Crippen LogP) is 14.1. The molecular formula is C52H84NO8P. The maximum absolute atomic E-state index is 12.6. The van der Waals surface area contributed by atoms with Crippen LogP contribution in [0.2, 0.25) is 0 Å². The van der Waals surface area contributed by atoms with E-state index in [1.807, 2.05) is 0 Å². The van der Waals surface area contributed by atoms with Gasteiger partial charge in [0.05, 0.1) is 13.2 Å². The number of carbonyl (C=O) groups excluding carboxylic acids is 2. The highest BCUT2D eigenvalue weighted by Crippen LogP contribution is 2.43. The van der Waals surface area contributed by atoms with Crippen molar-refractivity contribution in [3.05, 3.63) is 122 Å². The molecule has 350 valence electrons. The third-order valence-electron chi connectivity index (χ3n) is 9.08. The summed E-state index contributed by atoms with van der Waals surface area (Å²) < 4.78 is 32.8. The van der Waals surface area contributed by atoms with Crippen LogP contribution >= 0.6 is 7.82 Å². The number of ether oxygens (including phenoxy) is 2. The van der Waals surface area contributed by atoms with Gasteiger partial charge in [-0.25, -0.2) is 4.57 Å². The Morgan fingerprint density at radius 2 is 0.887 bits per heavy atom. The third-order valence-corrected chi connectivity index (χ3v) is 10.1. The summed E-state index contributed by atoms with van der Waals surface area (Å²) in [7, 11) is -4.40. The Kier molecular flexibility index (Phi) is 44.2. The van der Waals surface area contributed by atoms with Crippen LogP contribution < -0.4 is 5.73 Å².